The summed E-state index contributed by atoms with van der Waals surface area (Å²) in [6.45, 7) is 0. The van der Waals surface area contributed by atoms with E-state index in [0.29, 0.717) is 22.2 Å². The van der Waals surface area contributed by atoms with E-state index in [1.165, 1.54) is 11.8 Å². The minimum absolute atomic E-state index is 0.185. The van der Waals surface area contributed by atoms with E-state index in [0.717, 1.165) is 0 Å². The molecule has 2 aromatic heterocycles. The molecule has 0 fully saturated rings. The Bertz CT molecular complexity index is 864. The van der Waals surface area contributed by atoms with E-state index >= 15 is 0 Å². The number of carboxylic acids is 1. The first-order chi connectivity index (χ1) is 11.1. The van der Waals surface area contributed by atoms with Crippen molar-refractivity contribution in [2.45, 2.75) is 0 Å². The Hall–Kier alpha value is -2.93. The number of methoxy groups -OCH3 is 1. The van der Waals surface area contributed by atoms with E-state index < -0.39 is 5.97 Å². The molecule has 23 heavy (non-hydrogen) atoms. The quantitative estimate of drug-likeness (QED) is 0.791. The van der Waals surface area contributed by atoms with Gasteiger partial charge in [-0.05, 0) is 30.3 Å². The van der Waals surface area contributed by atoms with E-state index in [9.17, 15) is 9.90 Å². The zero-order valence-corrected chi connectivity index (χ0v) is 12.7. The molecule has 0 aliphatic carbocycles. The number of pyridine rings is 1. The van der Waals surface area contributed by atoms with Crippen LogP contribution in [0.5, 0.6) is 5.75 Å². The summed E-state index contributed by atoms with van der Waals surface area (Å²) in [5, 5.41) is 17.4. The van der Waals surface area contributed by atoms with Crippen molar-refractivity contribution in [1.29, 1.82) is 0 Å². The van der Waals surface area contributed by atoms with Crippen LogP contribution in [-0.2, 0) is 0 Å². The van der Waals surface area contributed by atoms with Crippen molar-refractivity contribution < 1.29 is 14.6 Å². The minimum Gasteiger partial charge on any atom is -0.495 e. The molecule has 1 aromatic carbocycles. The maximum absolute atomic E-state index is 11.4. The number of hydrogen-bond acceptors (Lipinski definition) is 5. The van der Waals surface area contributed by atoms with Crippen LogP contribution in [0.2, 0.25) is 5.02 Å². The number of nitrogens with zero attached hydrogens (tertiary/aromatic N) is 4. The number of aromatic carboxylic acids is 1. The van der Waals surface area contributed by atoms with Gasteiger partial charge in [-0.15, -0.1) is 5.10 Å². The Morgan fingerprint density at radius 2 is 2.13 bits per heavy atom. The van der Waals surface area contributed by atoms with Gasteiger partial charge in [0, 0.05) is 6.20 Å². The highest BCUT2D eigenvalue weighted by molar-refractivity contribution is 6.32. The van der Waals surface area contributed by atoms with Crippen molar-refractivity contribution in [2.24, 2.45) is 0 Å². The maximum Gasteiger partial charge on any atom is 0.358 e. The first kappa shape index (κ1) is 15.0. The van der Waals surface area contributed by atoms with Gasteiger partial charge in [0.05, 0.1) is 23.5 Å². The van der Waals surface area contributed by atoms with Crippen LogP contribution in [0.4, 0.5) is 0 Å². The van der Waals surface area contributed by atoms with Crippen molar-refractivity contribution in [1.82, 2.24) is 20.0 Å². The number of halogens is 1. The van der Waals surface area contributed by atoms with E-state index in [2.05, 4.69) is 15.3 Å². The predicted octanol–water partition coefficient (Wildman–Crippen LogP) is 2.69. The number of hydrogen-bond donors (Lipinski definition) is 1. The van der Waals surface area contributed by atoms with Gasteiger partial charge in [-0.25, -0.2) is 9.48 Å². The number of rotatable bonds is 4. The molecule has 0 bridgehead atoms. The van der Waals surface area contributed by atoms with Crippen molar-refractivity contribution in [2.75, 3.05) is 7.11 Å². The lowest BCUT2D eigenvalue weighted by atomic mass is 10.2. The Kier molecular flexibility index (Phi) is 3.94. The standard InChI is InChI=1S/C15H11ClN4O3/c1-23-12-6-5-9(8-10(12)16)20-14(11-4-2-3-7-17-11)13(15(21)22)18-19-20/h2-8H,1H3,(H,21,22). The summed E-state index contributed by atoms with van der Waals surface area (Å²) >= 11 is 6.13. The predicted molar refractivity (Wildman–Crippen MR) is 83.1 cm³/mol. The first-order valence-corrected chi connectivity index (χ1v) is 6.94. The Morgan fingerprint density at radius 1 is 1.30 bits per heavy atom. The smallest absolute Gasteiger partial charge is 0.358 e. The summed E-state index contributed by atoms with van der Waals surface area (Å²) in [6.07, 6.45) is 1.57. The monoisotopic (exact) mass is 330 g/mol. The van der Waals surface area contributed by atoms with Gasteiger partial charge in [0.15, 0.2) is 5.69 Å². The molecular formula is C15H11ClN4O3. The van der Waals surface area contributed by atoms with E-state index in [4.69, 9.17) is 16.3 Å². The number of carboxylic acid groups (broad SMARTS) is 1. The summed E-state index contributed by atoms with van der Waals surface area (Å²) in [5.74, 6) is -0.676. The average Bonchev–Trinajstić information content (AvgIpc) is 3.00. The second kappa shape index (κ2) is 6.05. The topological polar surface area (TPSA) is 90.1 Å². The van der Waals surface area contributed by atoms with Crippen LogP contribution in [0.1, 0.15) is 10.5 Å². The van der Waals surface area contributed by atoms with Gasteiger partial charge in [0.1, 0.15) is 11.4 Å². The van der Waals surface area contributed by atoms with Crippen molar-refractivity contribution in [3.63, 3.8) is 0 Å². The normalized spacial score (nSPS) is 10.5. The number of carbonyl (C=O) groups is 1. The zero-order chi connectivity index (χ0) is 16.4. The third-order valence-corrected chi connectivity index (χ3v) is 3.46. The lowest BCUT2D eigenvalue weighted by Crippen LogP contribution is -2.04. The fourth-order valence-corrected chi connectivity index (χ4v) is 2.38. The minimum atomic E-state index is -1.18. The molecule has 0 aliphatic rings. The fraction of sp³-hybridized carbons (Fsp3) is 0.0667. The summed E-state index contributed by atoms with van der Waals surface area (Å²) in [7, 11) is 1.51. The van der Waals surface area contributed by atoms with Crippen LogP contribution in [0.3, 0.4) is 0 Å². The van der Waals surface area contributed by atoms with Crippen LogP contribution in [-0.4, -0.2) is 38.2 Å². The zero-order valence-electron chi connectivity index (χ0n) is 12.0. The lowest BCUT2D eigenvalue weighted by Gasteiger charge is -2.09. The van der Waals surface area contributed by atoms with Crippen LogP contribution >= 0.6 is 11.6 Å². The number of aromatic nitrogens is 4. The molecule has 7 nitrogen and oxygen atoms in total. The molecule has 8 heteroatoms. The molecule has 0 radical (unpaired) electrons. The molecule has 0 saturated carbocycles. The second-order valence-corrected chi connectivity index (χ2v) is 4.94. The highest BCUT2D eigenvalue weighted by Crippen LogP contribution is 2.29. The van der Waals surface area contributed by atoms with Gasteiger partial charge in [-0.2, -0.15) is 0 Å². The van der Waals surface area contributed by atoms with Crippen LogP contribution in [0.25, 0.3) is 17.1 Å². The molecule has 116 valence electrons. The van der Waals surface area contributed by atoms with E-state index in [1.807, 2.05) is 0 Å². The summed E-state index contributed by atoms with van der Waals surface area (Å²) in [5.41, 5.74) is 1.09. The molecule has 3 aromatic rings. The molecule has 0 saturated heterocycles. The van der Waals surface area contributed by atoms with Gasteiger partial charge in [0.25, 0.3) is 0 Å². The molecular weight excluding hydrogens is 320 g/mol. The molecule has 0 unspecified atom stereocenters. The Morgan fingerprint density at radius 3 is 2.74 bits per heavy atom. The highest BCUT2D eigenvalue weighted by Gasteiger charge is 2.22. The third-order valence-electron chi connectivity index (χ3n) is 3.16. The highest BCUT2D eigenvalue weighted by atomic mass is 35.5. The summed E-state index contributed by atoms with van der Waals surface area (Å²) < 4.78 is 6.50. The molecule has 2 heterocycles. The van der Waals surface area contributed by atoms with Gasteiger partial charge in [0.2, 0.25) is 0 Å². The number of ether oxygens (including phenoxy) is 1. The summed E-state index contributed by atoms with van der Waals surface area (Å²) in [6, 6.07) is 10.2. The van der Waals surface area contributed by atoms with Crippen LogP contribution < -0.4 is 4.74 Å². The van der Waals surface area contributed by atoms with Gasteiger partial charge >= 0.3 is 5.97 Å². The van der Waals surface area contributed by atoms with E-state index in [-0.39, 0.29) is 11.4 Å². The number of benzene rings is 1. The van der Waals surface area contributed by atoms with E-state index in [1.54, 1.807) is 42.6 Å². The Balaban J connectivity index is 2.21. The fourth-order valence-electron chi connectivity index (χ4n) is 2.13. The third kappa shape index (κ3) is 2.74. The first-order valence-electron chi connectivity index (χ1n) is 6.56. The molecule has 3 rings (SSSR count). The Labute approximate surface area is 136 Å². The average molecular weight is 331 g/mol. The van der Waals surface area contributed by atoms with Crippen molar-refractivity contribution in [3.05, 3.63) is 53.3 Å². The largest absolute Gasteiger partial charge is 0.495 e. The molecule has 0 amide bonds. The molecule has 0 atom stereocenters. The summed E-state index contributed by atoms with van der Waals surface area (Å²) in [4.78, 5) is 15.6. The van der Waals surface area contributed by atoms with Gasteiger partial charge in [-0.1, -0.05) is 22.9 Å². The molecule has 0 aliphatic heterocycles. The molecule has 1 N–H and O–H groups in total. The molecule has 0 spiro atoms. The van der Waals surface area contributed by atoms with Gasteiger partial charge in [-0.3, -0.25) is 4.98 Å². The van der Waals surface area contributed by atoms with Crippen molar-refractivity contribution in [3.8, 4) is 22.8 Å². The van der Waals surface area contributed by atoms with Crippen LogP contribution in [0.15, 0.2) is 42.6 Å². The maximum atomic E-state index is 11.4. The van der Waals surface area contributed by atoms with Gasteiger partial charge < -0.3 is 9.84 Å². The lowest BCUT2D eigenvalue weighted by molar-refractivity contribution is 0.0691. The van der Waals surface area contributed by atoms with Crippen LogP contribution in [0, 0.1) is 0 Å². The SMILES string of the molecule is COc1ccc(-n2nnc(C(=O)O)c2-c2ccccn2)cc1Cl. The second-order valence-electron chi connectivity index (χ2n) is 4.54. The van der Waals surface area contributed by atoms with Crippen molar-refractivity contribution >= 4 is 17.6 Å².